The molecule has 7 heteroatoms. The molecule has 0 saturated carbocycles. The van der Waals surface area contributed by atoms with Crippen LogP contribution >= 0.6 is 7.92 Å². The largest absolute Gasteiger partial charge is 0.502 e. The van der Waals surface area contributed by atoms with E-state index in [2.05, 4.69) is 10.2 Å². The van der Waals surface area contributed by atoms with Crippen molar-refractivity contribution in [1.82, 2.24) is 0 Å². The lowest BCUT2D eigenvalue weighted by atomic mass is 10.1. The molecule has 0 aliphatic carbocycles. The second-order valence-electron chi connectivity index (χ2n) is 4.29. The van der Waals surface area contributed by atoms with E-state index < -0.39 is 20.6 Å². The Morgan fingerprint density at radius 1 is 1.45 bits per heavy atom. The Kier molecular flexibility index (Phi) is 3.81. The Bertz CT molecular complexity index is 507. The maximum absolute atomic E-state index is 10.0. The normalized spacial score (nSPS) is 32.0. The van der Waals surface area contributed by atoms with Crippen LogP contribution in [0.1, 0.15) is 19.0 Å². The molecule has 0 spiro atoms. The molecule has 4 atom stereocenters. The van der Waals surface area contributed by atoms with E-state index in [0.717, 1.165) is 0 Å². The van der Waals surface area contributed by atoms with Gasteiger partial charge in [0.25, 0.3) is 0 Å². The van der Waals surface area contributed by atoms with E-state index in [9.17, 15) is 5.11 Å². The summed E-state index contributed by atoms with van der Waals surface area (Å²) in [6, 6.07) is 3.24. The first kappa shape index (κ1) is 11.6. The van der Waals surface area contributed by atoms with Crippen LogP contribution in [-0.2, 0) is 4.74 Å². The zero-order chi connectivity index (χ0) is 17.0. The molecule has 0 bridgehead atoms. The number of benzene rings is 1. The SMILES string of the molecule is [2H]OCP1COC(O[2H])C([2H])C1c1cc(OC)c(O)c(OC)c1. The minimum atomic E-state index is -1.00. The fourth-order valence-electron chi connectivity index (χ4n) is 2.10. The van der Waals surface area contributed by atoms with Crippen molar-refractivity contribution in [2.24, 2.45) is 0 Å². The van der Waals surface area contributed by atoms with Crippen molar-refractivity contribution in [2.75, 3.05) is 26.9 Å². The van der Waals surface area contributed by atoms with Crippen molar-refractivity contribution < 1.29 is 30.9 Å². The van der Waals surface area contributed by atoms with Gasteiger partial charge in [-0.2, -0.15) is 0 Å². The van der Waals surface area contributed by atoms with Crippen LogP contribution in [0, 0.1) is 0 Å². The smallest absolute Gasteiger partial charge is 0.213 e. The molecule has 1 fully saturated rings. The number of aliphatic hydroxyl groups is 2. The number of phenolic OH excluding ortho intramolecular Hbond substituents is 1. The number of ether oxygens (including phenoxy) is 3. The lowest BCUT2D eigenvalue weighted by molar-refractivity contribution is -0.0937. The van der Waals surface area contributed by atoms with Gasteiger partial charge in [0.2, 0.25) is 8.61 Å². The summed E-state index contributed by atoms with van der Waals surface area (Å²) in [5.41, 5.74) is 0.313. The monoisotopic (exact) mass is 305 g/mol. The third kappa shape index (κ3) is 2.99. The van der Waals surface area contributed by atoms with E-state index in [-0.39, 0.29) is 35.6 Å². The minimum absolute atomic E-state index is 0.123. The van der Waals surface area contributed by atoms with Crippen LogP contribution in [0.25, 0.3) is 0 Å². The van der Waals surface area contributed by atoms with Crippen molar-refractivity contribution in [1.29, 1.82) is 2.86 Å². The first-order chi connectivity index (χ1) is 11.1. The second-order valence-corrected chi connectivity index (χ2v) is 6.54. The Labute approximate surface area is 123 Å². The standard InChI is InChI=1S/C13H19O6P/c1-17-9-3-8(4-10(18-2)13(9)16)11-5-12(15)19-7-20(11)6-14/h3-4,11-12,14-16H,5-7H2,1-2H3/i5D,14D,15D. The van der Waals surface area contributed by atoms with E-state index in [1.165, 1.54) is 14.2 Å². The third-order valence-corrected chi connectivity index (χ3v) is 5.22. The number of phenols is 1. The van der Waals surface area contributed by atoms with Crippen molar-refractivity contribution in [3.63, 3.8) is 0 Å². The van der Waals surface area contributed by atoms with Gasteiger partial charge in [-0.1, -0.05) is 0 Å². The van der Waals surface area contributed by atoms with Gasteiger partial charge < -0.3 is 29.5 Å². The molecule has 6 nitrogen and oxygen atoms in total. The number of methoxy groups -OCH3 is 2. The van der Waals surface area contributed by atoms with E-state index in [1.807, 2.05) is 0 Å². The van der Waals surface area contributed by atoms with Gasteiger partial charge in [0.1, 0.15) is 0 Å². The highest BCUT2D eigenvalue weighted by molar-refractivity contribution is 7.57. The molecule has 20 heavy (non-hydrogen) atoms. The van der Waals surface area contributed by atoms with Crippen LogP contribution in [0.4, 0.5) is 0 Å². The molecule has 0 amide bonds. The fourth-order valence-corrected chi connectivity index (χ4v) is 3.79. The first-order valence-electron chi connectivity index (χ1n) is 7.39. The predicted octanol–water partition coefficient (Wildman–Crippen LogP) is 1.58. The van der Waals surface area contributed by atoms with Crippen molar-refractivity contribution in [2.45, 2.75) is 18.3 Å². The Balaban J connectivity index is 2.45. The van der Waals surface area contributed by atoms with Crippen LogP contribution in [0.15, 0.2) is 12.1 Å². The first-order valence-corrected chi connectivity index (χ1v) is 7.78. The molecular weight excluding hydrogens is 283 g/mol. The summed E-state index contributed by atoms with van der Waals surface area (Å²) in [5.74, 6) is 0.327. The quantitative estimate of drug-likeness (QED) is 0.692. The van der Waals surface area contributed by atoms with E-state index in [1.54, 1.807) is 12.1 Å². The fraction of sp³-hybridized carbons (Fsp3) is 0.538. The summed E-state index contributed by atoms with van der Waals surface area (Å²) >= 11 is 0. The van der Waals surface area contributed by atoms with Crippen LogP contribution in [-0.4, -0.2) is 51.4 Å². The summed E-state index contributed by atoms with van der Waals surface area (Å²) in [6.45, 7) is 0. The molecule has 112 valence electrons. The molecule has 4 unspecified atom stereocenters. The molecule has 1 saturated heterocycles. The maximum atomic E-state index is 10.0. The summed E-state index contributed by atoms with van der Waals surface area (Å²) in [5, 5.41) is 19.0. The number of hydrogen-bond donors (Lipinski definition) is 3. The molecule has 1 aliphatic heterocycles. The lowest BCUT2D eigenvalue weighted by Gasteiger charge is -2.34. The van der Waals surface area contributed by atoms with Crippen molar-refractivity contribution >= 4 is 7.92 Å². The zero-order valence-corrected chi connectivity index (χ0v) is 12.1. The van der Waals surface area contributed by atoms with Gasteiger partial charge >= 0.3 is 0 Å². The van der Waals surface area contributed by atoms with Crippen molar-refractivity contribution in [3.05, 3.63) is 17.7 Å². The molecule has 2 rings (SSSR count). The average Bonchev–Trinajstić information content (AvgIpc) is 2.56. The van der Waals surface area contributed by atoms with Gasteiger partial charge in [0, 0.05) is 13.4 Å². The van der Waals surface area contributed by atoms with Crippen LogP contribution in [0.3, 0.4) is 0 Å². The third-order valence-electron chi connectivity index (χ3n) is 3.15. The maximum Gasteiger partial charge on any atom is 0.213 e. The minimum Gasteiger partial charge on any atom is -0.502 e. The Morgan fingerprint density at radius 3 is 2.70 bits per heavy atom. The van der Waals surface area contributed by atoms with E-state index in [4.69, 9.17) is 18.4 Å². The molecule has 1 aliphatic rings. The van der Waals surface area contributed by atoms with Gasteiger partial charge in [0.15, 0.2) is 17.8 Å². The molecule has 1 aromatic carbocycles. The Hall–Kier alpha value is -1.07. The van der Waals surface area contributed by atoms with Gasteiger partial charge in [-0.3, -0.25) is 0 Å². The summed E-state index contributed by atoms with van der Waals surface area (Å²) in [4.78, 5) is 0. The van der Waals surface area contributed by atoms with Crippen LogP contribution < -0.4 is 9.47 Å². The molecule has 1 heterocycles. The highest BCUT2D eigenvalue weighted by Gasteiger charge is 2.32. The molecule has 0 aromatic heterocycles. The van der Waals surface area contributed by atoms with Crippen LogP contribution in [0.5, 0.6) is 17.2 Å². The molecule has 1 aromatic rings. The number of aliphatic hydroxyl groups excluding tert-OH is 2. The molecular formula is C13H19O6P. The van der Waals surface area contributed by atoms with E-state index in [0.29, 0.717) is 5.56 Å². The summed E-state index contributed by atoms with van der Waals surface area (Å²) in [6.07, 6.45) is -1.48. The highest BCUT2D eigenvalue weighted by atomic mass is 31.1. The van der Waals surface area contributed by atoms with Crippen molar-refractivity contribution in [3.8, 4) is 17.2 Å². The average molecular weight is 305 g/mol. The number of aromatic hydroxyl groups is 1. The summed E-state index contributed by atoms with van der Waals surface area (Å²) in [7, 11) is 1.84. The molecule has 3 N–H and O–H groups in total. The molecule has 0 radical (unpaired) electrons. The Morgan fingerprint density at radius 2 is 2.15 bits per heavy atom. The summed E-state index contributed by atoms with van der Waals surface area (Å²) < 4.78 is 38.0. The van der Waals surface area contributed by atoms with E-state index >= 15 is 0 Å². The number of hydrogen-bond acceptors (Lipinski definition) is 6. The number of rotatable bonds is 6. The van der Waals surface area contributed by atoms with Crippen LogP contribution in [0.2, 0.25) is 0 Å². The topological polar surface area (TPSA) is 88.4 Å². The lowest BCUT2D eigenvalue weighted by Crippen LogP contribution is -2.23. The highest BCUT2D eigenvalue weighted by Crippen LogP contribution is 2.57. The predicted molar refractivity (Wildman–Crippen MR) is 74.5 cm³/mol. The van der Waals surface area contributed by atoms with Gasteiger partial charge in [-0.15, -0.1) is 0 Å². The van der Waals surface area contributed by atoms with Gasteiger partial charge in [-0.25, -0.2) is 0 Å². The van der Waals surface area contributed by atoms with Gasteiger partial charge in [-0.05, 0) is 25.6 Å². The second kappa shape index (κ2) is 6.59. The van der Waals surface area contributed by atoms with Gasteiger partial charge in [0.05, 0.1) is 26.9 Å². The zero-order valence-electron chi connectivity index (χ0n) is 14.2.